The van der Waals surface area contributed by atoms with E-state index in [-0.39, 0.29) is 16.7 Å². The molecule has 0 saturated carbocycles. The number of carbonyl (C=O) groups is 2. The first-order valence-corrected chi connectivity index (χ1v) is 12.4. The number of aromatic nitrogens is 2. The number of aromatic amines is 1. The summed E-state index contributed by atoms with van der Waals surface area (Å²) in [6.45, 7) is 7.83. The lowest BCUT2D eigenvalue weighted by molar-refractivity contribution is -0.137. The molecule has 3 aromatic carbocycles. The number of alkyl halides is 3. The summed E-state index contributed by atoms with van der Waals surface area (Å²) >= 11 is 6.20. The molecule has 4 aromatic rings. The number of carbonyl (C=O) groups excluding carboxylic acids is 2. The second-order valence-corrected chi connectivity index (χ2v) is 10.8. The molecule has 204 valence electrons. The van der Waals surface area contributed by atoms with Crippen LogP contribution in [0.25, 0.3) is 11.0 Å². The van der Waals surface area contributed by atoms with Gasteiger partial charge in [-0.1, -0.05) is 50.6 Å². The number of amides is 2. The molecular weight excluding hydrogens is 531 g/mol. The average Bonchev–Trinajstić information content (AvgIpc) is 3.25. The molecule has 4 rings (SSSR count). The predicted octanol–water partition coefficient (Wildman–Crippen LogP) is 6.90. The fourth-order valence-electron chi connectivity index (χ4n) is 4.15. The van der Waals surface area contributed by atoms with E-state index in [9.17, 15) is 22.8 Å². The van der Waals surface area contributed by atoms with Crippen LogP contribution in [0, 0.1) is 12.3 Å². The van der Waals surface area contributed by atoms with E-state index in [0.29, 0.717) is 44.6 Å². The number of H-pyrrole nitrogens is 1. The lowest BCUT2D eigenvalue weighted by Crippen LogP contribution is -2.38. The number of nitrogens with zero attached hydrogens (tertiary/aromatic N) is 2. The zero-order valence-electron chi connectivity index (χ0n) is 21.7. The van der Waals surface area contributed by atoms with Crippen molar-refractivity contribution < 1.29 is 22.8 Å². The molecule has 0 atom stereocenters. The molecule has 0 aliphatic heterocycles. The molecule has 0 fully saturated rings. The quantitative estimate of drug-likeness (QED) is 0.141. The van der Waals surface area contributed by atoms with E-state index in [1.54, 1.807) is 25.1 Å². The molecule has 0 unspecified atom stereocenters. The maximum absolute atomic E-state index is 13.6. The highest BCUT2D eigenvalue weighted by molar-refractivity contribution is 6.31. The first kappa shape index (κ1) is 28.1. The van der Waals surface area contributed by atoms with Gasteiger partial charge in [-0.15, -0.1) is 0 Å². The van der Waals surface area contributed by atoms with Gasteiger partial charge in [-0.05, 0) is 54.3 Å². The number of nitrogens with two attached hydrogens (primary N) is 1. The minimum atomic E-state index is -4.76. The monoisotopic (exact) mass is 557 g/mol. The zero-order chi connectivity index (χ0) is 28.7. The summed E-state index contributed by atoms with van der Waals surface area (Å²) in [6, 6.07) is 12.2. The van der Waals surface area contributed by atoms with Crippen molar-refractivity contribution in [1.82, 2.24) is 9.97 Å². The summed E-state index contributed by atoms with van der Waals surface area (Å²) in [5.74, 6) is 5.03. The molecule has 4 N–H and O–H groups in total. The van der Waals surface area contributed by atoms with Crippen LogP contribution >= 0.6 is 11.6 Å². The predicted molar refractivity (Wildman–Crippen MR) is 146 cm³/mol. The third-order valence-electron chi connectivity index (χ3n) is 6.04. The number of hydrogen-bond donors (Lipinski definition) is 3. The second-order valence-electron chi connectivity index (χ2n) is 10.4. The topological polar surface area (TPSA) is 104 Å². The molecule has 39 heavy (non-hydrogen) atoms. The summed E-state index contributed by atoms with van der Waals surface area (Å²) < 4.78 is 40.7. The number of anilines is 2. The van der Waals surface area contributed by atoms with Crippen LogP contribution in [0.2, 0.25) is 5.02 Å². The SMILES string of the molecule is Cc1c(Cl)cccc1NC(=O)c1cc(N(N)C(=O)c2ccccc2C(F)(F)F)cc2[nH]c(CC(C)(C)C)nc12. The minimum Gasteiger partial charge on any atom is -0.342 e. The lowest BCUT2D eigenvalue weighted by Gasteiger charge is -2.20. The summed E-state index contributed by atoms with van der Waals surface area (Å²) in [6.07, 6.45) is -4.21. The van der Waals surface area contributed by atoms with Gasteiger partial charge in [0.25, 0.3) is 11.8 Å². The first-order chi connectivity index (χ1) is 18.2. The molecule has 0 aliphatic rings. The Morgan fingerprint density at radius 3 is 2.41 bits per heavy atom. The van der Waals surface area contributed by atoms with Gasteiger partial charge in [-0.3, -0.25) is 9.59 Å². The van der Waals surface area contributed by atoms with Crippen LogP contribution in [0.1, 0.15) is 58.4 Å². The van der Waals surface area contributed by atoms with E-state index in [1.165, 1.54) is 24.3 Å². The van der Waals surface area contributed by atoms with Gasteiger partial charge in [0.1, 0.15) is 11.3 Å². The van der Waals surface area contributed by atoms with Gasteiger partial charge < -0.3 is 10.3 Å². The van der Waals surface area contributed by atoms with Crippen LogP contribution in [0.15, 0.2) is 54.6 Å². The molecule has 0 saturated heterocycles. The number of benzene rings is 3. The largest absolute Gasteiger partial charge is 0.417 e. The van der Waals surface area contributed by atoms with E-state index >= 15 is 0 Å². The Balaban J connectivity index is 1.81. The van der Waals surface area contributed by atoms with E-state index in [4.69, 9.17) is 17.4 Å². The normalized spacial score (nSPS) is 12.0. The van der Waals surface area contributed by atoms with Crippen LogP contribution in [-0.2, 0) is 12.6 Å². The summed E-state index contributed by atoms with van der Waals surface area (Å²) in [5.41, 5.74) is 0.0498. The third kappa shape index (κ3) is 6.07. The summed E-state index contributed by atoms with van der Waals surface area (Å²) in [7, 11) is 0. The summed E-state index contributed by atoms with van der Waals surface area (Å²) in [5, 5.41) is 3.85. The lowest BCUT2D eigenvalue weighted by atomic mass is 9.92. The number of imidazole rings is 1. The Labute approximate surface area is 228 Å². The van der Waals surface area contributed by atoms with Crippen molar-refractivity contribution in [2.75, 3.05) is 10.3 Å². The Morgan fingerprint density at radius 2 is 1.74 bits per heavy atom. The van der Waals surface area contributed by atoms with Gasteiger partial charge in [0.2, 0.25) is 0 Å². The van der Waals surface area contributed by atoms with Crippen molar-refractivity contribution in [3.8, 4) is 0 Å². The zero-order valence-corrected chi connectivity index (χ0v) is 22.5. The van der Waals surface area contributed by atoms with Gasteiger partial charge in [0.15, 0.2) is 0 Å². The van der Waals surface area contributed by atoms with Crippen LogP contribution in [0.3, 0.4) is 0 Å². The molecule has 0 radical (unpaired) electrons. The molecule has 0 aliphatic carbocycles. The molecule has 7 nitrogen and oxygen atoms in total. The van der Waals surface area contributed by atoms with Gasteiger partial charge in [-0.25, -0.2) is 15.8 Å². The van der Waals surface area contributed by atoms with E-state index in [2.05, 4.69) is 15.3 Å². The van der Waals surface area contributed by atoms with Crippen molar-refractivity contribution in [1.29, 1.82) is 0 Å². The third-order valence-corrected chi connectivity index (χ3v) is 6.45. The molecule has 2 amide bonds. The summed E-state index contributed by atoms with van der Waals surface area (Å²) in [4.78, 5) is 34.4. The number of fused-ring (bicyclic) bond motifs is 1. The van der Waals surface area contributed by atoms with E-state index < -0.39 is 29.1 Å². The molecule has 1 aromatic heterocycles. The Bertz CT molecular complexity index is 1570. The van der Waals surface area contributed by atoms with Crippen molar-refractivity contribution in [3.63, 3.8) is 0 Å². The molecular formula is C28H27ClF3N5O2. The molecule has 1 heterocycles. The second kappa shape index (κ2) is 10.3. The Kier molecular flexibility index (Phi) is 7.46. The number of halogens is 4. The van der Waals surface area contributed by atoms with Gasteiger partial charge >= 0.3 is 6.18 Å². The van der Waals surface area contributed by atoms with E-state index in [1.807, 2.05) is 20.8 Å². The fourth-order valence-corrected chi connectivity index (χ4v) is 4.32. The Hall–Kier alpha value is -3.89. The molecule has 0 spiro atoms. The van der Waals surface area contributed by atoms with Gasteiger partial charge in [0.05, 0.1) is 27.9 Å². The number of hydrazine groups is 1. The molecule has 0 bridgehead atoms. The van der Waals surface area contributed by atoms with Crippen LogP contribution in [0.5, 0.6) is 0 Å². The highest BCUT2D eigenvalue weighted by atomic mass is 35.5. The van der Waals surface area contributed by atoms with Crippen LogP contribution in [0.4, 0.5) is 24.5 Å². The smallest absolute Gasteiger partial charge is 0.342 e. The van der Waals surface area contributed by atoms with Gasteiger partial charge in [0, 0.05) is 17.1 Å². The van der Waals surface area contributed by atoms with Crippen molar-refractivity contribution in [2.24, 2.45) is 11.3 Å². The maximum Gasteiger partial charge on any atom is 0.417 e. The Morgan fingerprint density at radius 1 is 1.05 bits per heavy atom. The molecule has 11 heteroatoms. The highest BCUT2D eigenvalue weighted by Gasteiger charge is 2.36. The van der Waals surface area contributed by atoms with Crippen molar-refractivity contribution in [3.05, 3.63) is 87.7 Å². The van der Waals surface area contributed by atoms with Crippen molar-refractivity contribution >= 4 is 45.8 Å². The standard InChI is InChI=1S/C28H27ClF3N5O2/c1-15-20(29)10-7-11-21(15)35-25(38)18-12-16(13-22-24(18)36-23(34-22)14-27(2,3)4)37(33)26(39)17-8-5-6-9-19(17)28(30,31)32/h5-13H,14,33H2,1-4H3,(H,34,36)(H,35,38). The van der Waals surface area contributed by atoms with Crippen LogP contribution in [-0.4, -0.2) is 21.8 Å². The van der Waals surface area contributed by atoms with Crippen molar-refractivity contribution in [2.45, 2.75) is 40.3 Å². The fraction of sp³-hybridized carbons (Fsp3) is 0.250. The minimum absolute atomic E-state index is 0.00315. The van der Waals surface area contributed by atoms with Gasteiger partial charge in [-0.2, -0.15) is 13.2 Å². The number of hydrogen-bond acceptors (Lipinski definition) is 4. The number of rotatable bonds is 5. The first-order valence-electron chi connectivity index (χ1n) is 12.0. The highest BCUT2D eigenvalue weighted by Crippen LogP contribution is 2.34. The average molecular weight is 558 g/mol. The van der Waals surface area contributed by atoms with Crippen LogP contribution < -0.4 is 16.2 Å². The number of nitrogens with one attached hydrogen (secondary N) is 2. The van der Waals surface area contributed by atoms with E-state index in [0.717, 1.165) is 12.1 Å². The maximum atomic E-state index is 13.6.